The van der Waals surface area contributed by atoms with E-state index in [2.05, 4.69) is 38.7 Å². The first-order valence-electron chi connectivity index (χ1n) is 10.5. The molecule has 0 heterocycles. The lowest BCUT2D eigenvalue weighted by molar-refractivity contribution is -0.111. The standard InChI is InChI=1S/C26H21BrN2O5/c27-16-11-12-23(21(14-16)25(31)32)29-24(30)10-5-13-28-26(33)34-15-22-19-8-3-1-6-17(19)18-7-2-4-9-20(18)22/h1-12,14,22H,13,15H2,(H,28,33)(H,29,30)(H,31,32)/b10-5+. The fourth-order valence-corrected chi connectivity index (χ4v) is 4.30. The normalized spacial score (nSPS) is 12.1. The number of alkyl carbamates (subject to hydrolysis) is 1. The molecule has 1 aliphatic carbocycles. The molecule has 0 fully saturated rings. The molecule has 34 heavy (non-hydrogen) atoms. The van der Waals surface area contributed by atoms with E-state index in [4.69, 9.17) is 4.74 Å². The Morgan fingerprint density at radius 3 is 2.26 bits per heavy atom. The summed E-state index contributed by atoms with van der Waals surface area (Å²) in [5, 5.41) is 14.4. The zero-order valence-electron chi connectivity index (χ0n) is 18.0. The Kier molecular flexibility index (Phi) is 7.08. The van der Waals surface area contributed by atoms with Crippen molar-refractivity contribution >= 4 is 39.6 Å². The number of aromatic carboxylic acids is 1. The van der Waals surface area contributed by atoms with Crippen LogP contribution in [-0.2, 0) is 9.53 Å². The van der Waals surface area contributed by atoms with Crippen LogP contribution in [0.25, 0.3) is 11.1 Å². The minimum atomic E-state index is -1.16. The summed E-state index contributed by atoms with van der Waals surface area (Å²) < 4.78 is 6.03. The minimum Gasteiger partial charge on any atom is -0.478 e. The number of nitrogens with one attached hydrogen (secondary N) is 2. The first kappa shape index (κ1) is 23.3. The Hall–Kier alpha value is -3.91. The van der Waals surface area contributed by atoms with Crippen molar-refractivity contribution in [3.05, 3.63) is 100 Å². The predicted octanol–water partition coefficient (Wildman–Crippen LogP) is 5.18. The van der Waals surface area contributed by atoms with Crippen molar-refractivity contribution in [3.8, 4) is 11.1 Å². The molecule has 0 saturated heterocycles. The number of carbonyl (C=O) groups is 3. The van der Waals surface area contributed by atoms with E-state index in [1.165, 1.54) is 24.3 Å². The Bertz CT molecular complexity index is 1240. The highest BCUT2D eigenvalue weighted by molar-refractivity contribution is 9.10. The number of fused-ring (bicyclic) bond motifs is 3. The van der Waals surface area contributed by atoms with Crippen LogP contribution in [0.5, 0.6) is 0 Å². The summed E-state index contributed by atoms with van der Waals surface area (Å²) in [5.74, 6) is -1.70. The second-order valence-electron chi connectivity index (χ2n) is 7.59. The van der Waals surface area contributed by atoms with E-state index >= 15 is 0 Å². The summed E-state index contributed by atoms with van der Waals surface area (Å²) in [5.41, 5.74) is 4.70. The molecule has 3 N–H and O–H groups in total. The third kappa shape index (κ3) is 5.18. The van der Waals surface area contributed by atoms with Crippen LogP contribution in [0.1, 0.15) is 27.4 Å². The van der Waals surface area contributed by atoms with Crippen molar-refractivity contribution in [1.29, 1.82) is 0 Å². The second kappa shape index (κ2) is 10.4. The fourth-order valence-electron chi connectivity index (χ4n) is 3.93. The molecule has 8 heteroatoms. The molecule has 3 aromatic rings. The molecule has 4 rings (SSSR count). The molecule has 0 radical (unpaired) electrons. The van der Waals surface area contributed by atoms with Gasteiger partial charge in [-0.1, -0.05) is 70.5 Å². The molecule has 0 unspecified atom stereocenters. The molecule has 172 valence electrons. The largest absolute Gasteiger partial charge is 0.478 e. The molecular weight excluding hydrogens is 500 g/mol. The van der Waals surface area contributed by atoms with Gasteiger partial charge in [-0.3, -0.25) is 4.79 Å². The number of carboxylic acids is 1. The maximum Gasteiger partial charge on any atom is 0.407 e. The van der Waals surface area contributed by atoms with Crippen LogP contribution >= 0.6 is 15.9 Å². The fraction of sp³-hybridized carbons (Fsp3) is 0.115. The number of ether oxygens (including phenoxy) is 1. The van der Waals surface area contributed by atoms with Crippen molar-refractivity contribution < 1.29 is 24.2 Å². The van der Waals surface area contributed by atoms with Gasteiger partial charge in [-0.05, 0) is 40.5 Å². The van der Waals surface area contributed by atoms with Gasteiger partial charge in [0.1, 0.15) is 6.61 Å². The maximum absolute atomic E-state index is 12.2. The Morgan fingerprint density at radius 2 is 1.62 bits per heavy atom. The number of hydrogen-bond acceptors (Lipinski definition) is 4. The van der Waals surface area contributed by atoms with Crippen molar-refractivity contribution in [3.63, 3.8) is 0 Å². The van der Waals surface area contributed by atoms with E-state index in [1.807, 2.05) is 36.4 Å². The number of anilines is 1. The van der Waals surface area contributed by atoms with Crippen LogP contribution in [-0.4, -0.2) is 36.2 Å². The van der Waals surface area contributed by atoms with Crippen LogP contribution in [0, 0.1) is 0 Å². The molecular formula is C26H21BrN2O5. The van der Waals surface area contributed by atoms with E-state index in [-0.39, 0.29) is 30.3 Å². The Labute approximate surface area is 204 Å². The molecule has 0 aliphatic heterocycles. The first-order chi connectivity index (χ1) is 16.4. The lowest BCUT2D eigenvalue weighted by Crippen LogP contribution is -2.26. The van der Waals surface area contributed by atoms with Crippen LogP contribution in [0.4, 0.5) is 10.5 Å². The summed E-state index contributed by atoms with van der Waals surface area (Å²) in [6.45, 7) is 0.280. The number of carboxylic acid groups (broad SMARTS) is 1. The summed E-state index contributed by atoms with van der Waals surface area (Å²) in [6, 6.07) is 20.7. The molecule has 0 atom stereocenters. The molecule has 3 aromatic carbocycles. The van der Waals surface area contributed by atoms with Gasteiger partial charge in [0.05, 0.1) is 11.3 Å². The highest BCUT2D eigenvalue weighted by atomic mass is 79.9. The van der Waals surface area contributed by atoms with Crippen LogP contribution in [0.15, 0.2) is 83.4 Å². The van der Waals surface area contributed by atoms with Crippen molar-refractivity contribution in [2.45, 2.75) is 5.92 Å². The third-order valence-corrected chi connectivity index (χ3v) is 5.94. The lowest BCUT2D eigenvalue weighted by atomic mass is 9.98. The lowest BCUT2D eigenvalue weighted by Gasteiger charge is -2.14. The number of rotatable bonds is 7. The van der Waals surface area contributed by atoms with Crippen molar-refractivity contribution in [1.82, 2.24) is 5.32 Å². The third-order valence-electron chi connectivity index (χ3n) is 5.45. The molecule has 2 amide bonds. The molecule has 0 bridgehead atoms. The maximum atomic E-state index is 12.2. The number of benzene rings is 3. The first-order valence-corrected chi connectivity index (χ1v) is 11.3. The zero-order chi connectivity index (χ0) is 24.1. The topological polar surface area (TPSA) is 105 Å². The van der Waals surface area contributed by atoms with Gasteiger partial charge in [-0.25, -0.2) is 9.59 Å². The average Bonchev–Trinajstić information content (AvgIpc) is 3.15. The van der Waals surface area contributed by atoms with Gasteiger partial charge in [0.2, 0.25) is 5.91 Å². The van der Waals surface area contributed by atoms with Crippen LogP contribution in [0.3, 0.4) is 0 Å². The molecule has 0 aromatic heterocycles. The van der Waals surface area contributed by atoms with Gasteiger partial charge >= 0.3 is 12.1 Å². The Morgan fingerprint density at radius 1 is 0.971 bits per heavy atom. The minimum absolute atomic E-state index is 0.0335. The SMILES string of the molecule is O=C(/C=C/CNC(=O)OCC1c2ccccc2-c2ccccc21)Nc1ccc(Br)cc1C(=O)O. The number of halogens is 1. The van der Waals surface area contributed by atoms with E-state index in [0.717, 1.165) is 22.3 Å². The van der Waals surface area contributed by atoms with Gasteiger partial charge in [0.15, 0.2) is 0 Å². The second-order valence-corrected chi connectivity index (χ2v) is 8.51. The smallest absolute Gasteiger partial charge is 0.407 e. The van der Waals surface area contributed by atoms with E-state index in [0.29, 0.717) is 4.47 Å². The monoisotopic (exact) mass is 520 g/mol. The zero-order valence-corrected chi connectivity index (χ0v) is 19.5. The van der Waals surface area contributed by atoms with E-state index in [9.17, 15) is 19.5 Å². The van der Waals surface area contributed by atoms with Gasteiger partial charge in [0.25, 0.3) is 0 Å². The van der Waals surface area contributed by atoms with E-state index < -0.39 is 18.0 Å². The molecule has 0 spiro atoms. The Balaban J connectivity index is 1.28. The summed E-state index contributed by atoms with van der Waals surface area (Å²) in [4.78, 5) is 35.6. The van der Waals surface area contributed by atoms with Crippen LogP contribution in [0.2, 0.25) is 0 Å². The average molecular weight is 521 g/mol. The van der Waals surface area contributed by atoms with Gasteiger partial charge in [-0.15, -0.1) is 0 Å². The molecule has 1 aliphatic rings. The predicted molar refractivity (Wildman–Crippen MR) is 132 cm³/mol. The number of hydrogen-bond donors (Lipinski definition) is 3. The molecule has 7 nitrogen and oxygen atoms in total. The molecule has 0 saturated carbocycles. The quantitative estimate of drug-likeness (QED) is 0.372. The van der Waals surface area contributed by atoms with Crippen LogP contribution < -0.4 is 10.6 Å². The van der Waals surface area contributed by atoms with E-state index in [1.54, 1.807) is 6.07 Å². The number of carbonyl (C=O) groups excluding carboxylic acids is 2. The highest BCUT2D eigenvalue weighted by Crippen LogP contribution is 2.44. The summed E-state index contributed by atoms with van der Waals surface area (Å²) in [7, 11) is 0. The summed E-state index contributed by atoms with van der Waals surface area (Å²) >= 11 is 3.20. The summed E-state index contributed by atoms with van der Waals surface area (Å²) in [6.07, 6.45) is 2.08. The van der Waals surface area contributed by atoms with Gasteiger partial charge in [-0.2, -0.15) is 0 Å². The van der Waals surface area contributed by atoms with Gasteiger partial charge < -0.3 is 20.5 Å². The number of amides is 2. The van der Waals surface area contributed by atoms with Gasteiger partial charge in [0, 0.05) is 23.0 Å². The highest BCUT2D eigenvalue weighted by Gasteiger charge is 2.28. The van der Waals surface area contributed by atoms with Crippen molar-refractivity contribution in [2.24, 2.45) is 0 Å². The van der Waals surface area contributed by atoms with Crippen molar-refractivity contribution in [2.75, 3.05) is 18.5 Å².